The smallest absolute Gasteiger partial charge is 0.260 e. The van der Waals surface area contributed by atoms with Gasteiger partial charge in [0.15, 0.2) is 0 Å². The van der Waals surface area contributed by atoms with Crippen molar-refractivity contribution >= 4 is 0 Å². The second-order valence-electron chi connectivity index (χ2n) is 2.12. The zero-order valence-electron chi connectivity index (χ0n) is 6.05. The molecule has 1 heterocycles. The van der Waals surface area contributed by atoms with Crippen LogP contribution in [0.4, 0.5) is 8.78 Å². The molecule has 0 aromatic carbocycles. The second-order valence-corrected chi connectivity index (χ2v) is 2.12. The van der Waals surface area contributed by atoms with Crippen LogP contribution in [-0.2, 0) is 0 Å². The molecule has 0 saturated heterocycles. The Morgan fingerprint density at radius 3 is 2.64 bits per heavy atom. The Bertz CT molecular complexity index is 198. The summed E-state index contributed by atoms with van der Waals surface area (Å²) < 4.78 is 29.1. The van der Waals surface area contributed by atoms with Gasteiger partial charge < -0.3 is 9.73 Å². The summed E-state index contributed by atoms with van der Waals surface area (Å²) in [6.45, 7) is 0. The highest BCUT2D eigenvalue weighted by atomic mass is 19.3. The Morgan fingerprint density at radius 2 is 2.27 bits per heavy atom. The van der Waals surface area contributed by atoms with Gasteiger partial charge in [-0.25, -0.2) is 8.78 Å². The van der Waals surface area contributed by atoms with Crippen LogP contribution in [0.3, 0.4) is 0 Å². The van der Waals surface area contributed by atoms with Crippen LogP contribution in [0.2, 0.25) is 0 Å². The lowest BCUT2D eigenvalue weighted by molar-refractivity contribution is 0.0919. The summed E-state index contributed by atoms with van der Waals surface area (Å²) in [6, 6.07) is 2.11. The standard InChI is InChI=1S/C7H9F2NO/c1-10-6(7(8)9)5-3-2-4-11-5/h2-4,6-7,10H,1H3. The van der Waals surface area contributed by atoms with Gasteiger partial charge in [-0.1, -0.05) is 0 Å². The molecule has 11 heavy (non-hydrogen) atoms. The molecule has 0 spiro atoms. The second kappa shape index (κ2) is 3.48. The summed E-state index contributed by atoms with van der Waals surface area (Å²) in [5.41, 5.74) is 0. The number of alkyl halides is 2. The molecular weight excluding hydrogens is 152 g/mol. The average Bonchev–Trinajstić information content (AvgIpc) is 2.40. The van der Waals surface area contributed by atoms with Crippen molar-refractivity contribution in [2.24, 2.45) is 0 Å². The topological polar surface area (TPSA) is 25.2 Å². The van der Waals surface area contributed by atoms with Crippen molar-refractivity contribution in [3.8, 4) is 0 Å². The quantitative estimate of drug-likeness (QED) is 0.731. The number of hydrogen-bond acceptors (Lipinski definition) is 2. The third-order valence-electron chi connectivity index (χ3n) is 1.41. The molecule has 0 amide bonds. The number of nitrogens with one attached hydrogen (secondary N) is 1. The van der Waals surface area contributed by atoms with Crippen molar-refractivity contribution in [2.45, 2.75) is 12.5 Å². The Morgan fingerprint density at radius 1 is 1.55 bits per heavy atom. The van der Waals surface area contributed by atoms with E-state index in [1.54, 1.807) is 6.07 Å². The third-order valence-corrected chi connectivity index (χ3v) is 1.41. The molecular formula is C7H9F2NO. The fourth-order valence-electron chi connectivity index (χ4n) is 0.861. The Kier molecular flexibility index (Phi) is 2.59. The molecule has 4 heteroatoms. The number of hydrogen-bond donors (Lipinski definition) is 1. The average molecular weight is 161 g/mol. The Labute approximate surface area is 63.2 Å². The van der Waals surface area contributed by atoms with E-state index in [0.717, 1.165) is 0 Å². The zero-order chi connectivity index (χ0) is 8.27. The normalized spacial score (nSPS) is 13.8. The van der Waals surface area contributed by atoms with Gasteiger partial charge in [-0.15, -0.1) is 0 Å². The van der Waals surface area contributed by atoms with Crippen LogP contribution in [0.15, 0.2) is 22.8 Å². The van der Waals surface area contributed by atoms with E-state index in [1.807, 2.05) is 0 Å². The molecule has 2 nitrogen and oxygen atoms in total. The molecule has 1 N–H and O–H groups in total. The maximum atomic E-state index is 12.1. The predicted molar refractivity (Wildman–Crippen MR) is 36.5 cm³/mol. The number of rotatable bonds is 3. The van der Waals surface area contributed by atoms with Crippen LogP contribution in [0, 0.1) is 0 Å². The molecule has 0 radical (unpaired) electrons. The molecule has 0 aliphatic carbocycles. The van der Waals surface area contributed by atoms with E-state index in [4.69, 9.17) is 4.42 Å². The van der Waals surface area contributed by atoms with Gasteiger partial charge >= 0.3 is 0 Å². The Balaban J connectivity index is 2.71. The minimum Gasteiger partial charge on any atom is -0.467 e. The van der Waals surface area contributed by atoms with Crippen LogP contribution in [0.5, 0.6) is 0 Å². The molecule has 1 aromatic rings. The van der Waals surface area contributed by atoms with Gasteiger partial charge in [0.1, 0.15) is 11.8 Å². The first-order valence-corrected chi connectivity index (χ1v) is 3.24. The van der Waals surface area contributed by atoms with Crippen molar-refractivity contribution in [2.75, 3.05) is 7.05 Å². The van der Waals surface area contributed by atoms with Gasteiger partial charge in [0.25, 0.3) is 6.43 Å². The SMILES string of the molecule is CNC(c1ccco1)C(F)F. The number of halogens is 2. The molecule has 1 atom stereocenters. The van der Waals surface area contributed by atoms with Crippen LogP contribution in [0.25, 0.3) is 0 Å². The van der Waals surface area contributed by atoms with Crippen molar-refractivity contribution in [1.29, 1.82) is 0 Å². The molecule has 1 rings (SSSR count). The summed E-state index contributed by atoms with van der Waals surface area (Å²) in [7, 11) is 1.47. The molecule has 0 aliphatic heterocycles. The summed E-state index contributed by atoms with van der Waals surface area (Å²) in [5.74, 6) is 0.266. The molecule has 1 aromatic heterocycles. The third kappa shape index (κ3) is 1.77. The highest BCUT2D eigenvalue weighted by Gasteiger charge is 2.22. The fraction of sp³-hybridized carbons (Fsp3) is 0.429. The van der Waals surface area contributed by atoms with Crippen LogP contribution in [-0.4, -0.2) is 13.5 Å². The van der Waals surface area contributed by atoms with Gasteiger partial charge in [0.05, 0.1) is 6.26 Å². The van der Waals surface area contributed by atoms with Crippen molar-refractivity contribution in [3.05, 3.63) is 24.2 Å². The fourth-order valence-corrected chi connectivity index (χ4v) is 0.861. The molecule has 0 bridgehead atoms. The van der Waals surface area contributed by atoms with E-state index in [1.165, 1.54) is 19.4 Å². The first-order valence-electron chi connectivity index (χ1n) is 3.24. The Hall–Kier alpha value is -0.900. The summed E-state index contributed by atoms with van der Waals surface area (Å²) in [4.78, 5) is 0. The van der Waals surface area contributed by atoms with E-state index >= 15 is 0 Å². The van der Waals surface area contributed by atoms with E-state index in [9.17, 15) is 8.78 Å². The summed E-state index contributed by atoms with van der Waals surface area (Å²) in [6.07, 6.45) is -1.06. The molecule has 0 fully saturated rings. The monoisotopic (exact) mass is 161 g/mol. The van der Waals surface area contributed by atoms with Gasteiger partial charge in [-0.3, -0.25) is 0 Å². The first-order chi connectivity index (χ1) is 5.25. The molecule has 62 valence electrons. The van der Waals surface area contributed by atoms with Crippen LogP contribution in [0.1, 0.15) is 11.8 Å². The minimum atomic E-state index is -2.44. The van der Waals surface area contributed by atoms with Gasteiger partial charge in [-0.2, -0.15) is 0 Å². The van der Waals surface area contributed by atoms with Gasteiger partial charge in [-0.05, 0) is 19.2 Å². The lowest BCUT2D eigenvalue weighted by Crippen LogP contribution is -2.22. The lowest BCUT2D eigenvalue weighted by Gasteiger charge is -2.10. The molecule has 1 unspecified atom stereocenters. The lowest BCUT2D eigenvalue weighted by atomic mass is 10.2. The molecule has 0 aliphatic rings. The maximum Gasteiger partial charge on any atom is 0.260 e. The highest BCUT2D eigenvalue weighted by Crippen LogP contribution is 2.19. The van der Waals surface area contributed by atoms with Crippen molar-refractivity contribution in [3.63, 3.8) is 0 Å². The van der Waals surface area contributed by atoms with E-state index in [-0.39, 0.29) is 5.76 Å². The predicted octanol–water partition coefficient (Wildman–Crippen LogP) is 1.81. The van der Waals surface area contributed by atoms with Gasteiger partial charge in [0, 0.05) is 0 Å². The van der Waals surface area contributed by atoms with Gasteiger partial charge in [0.2, 0.25) is 0 Å². The van der Waals surface area contributed by atoms with E-state index in [2.05, 4.69) is 5.32 Å². The van der Waals surface area contributed by atoms with Crippen molar-refractivity contribution < 1.29 is 13.2 Å². The minimum absolute atomic E-state index is 0.266. The van der Waals surface area contributed by atoms with E-state index < -0.39 is 12.5 Å². The maximum absolute atomic E-state index is 12.1. The number of furan rings is 1. The van der Waals surface area contributed by atoms with E-state index in [0.29, 0.717) is 0 Å². The largest absolute Gasteiger partial charge is 0.467 e. The van der Waals surface area contributed by atoms with Crippen molar-refractivity contribution in [1.82, 2.24) is 5.32 Å². The highest BCUT2D eigenvalue weighted by molar-refractivity contribution is 5.04. The van der Waals surface area contributed by atoms with Crippen LogP contribution < -0.4 is 5.32 Å². The summed E-state index contributed by atoms with van der Waals surface area (Å²) >= 11 is 0. The molecule has 0 saturated carbocycles. The summed E-state index contributed by atoms with van der Waals surface area (Å²) in [5, 5.41) is 2.46. The van der Waals surface area contributed by atoms with Crippen LogP contribution >= 0.6 is 0 Å². The first kappa shape index (κ1) is 8.20. The zero-order valence-corrected chi connectivity index (χ0v) is 6.05.